The van der Waals surface area contributed by atoms with Crippen molar-refractivity contribution in [2.75, 3.05) is 34.9 Å². The molecule has 12 nitrogen and oxygen atoms in total. The highest BCUT2D eigenvalue weighted by Crippen LogP contribution is 2.30. The molecule has 1 aromatic rings. The summed E-state index contributed by atoms with van der Waals surface area (Å²) in [5, 5.41) is 16.1. The van der Waals surface area contributed by atoms with Gasteiger partial charge in [0.1, 0.15) is 0 Å². The molecule has 1 heterocycles. The summed E-state index contributed by atoms with van der Waals surface area (Å²) in [5.41, 5.74) is 0.707. The molecule has 0 saturated carbocycles. The summed E-state index contributed by atoms with van der Waals surface area (Å²) >= 11 is 0. The van der Waals surface area contributed by atoms with E-state index >= 15 is 0 Å². The average Bonchev–Trinajstić information content (AvgIpc) is 3.55. The molecule has 0 aliphatic carbocycles. The van der Waals surface area contributed by atoms with Crippen LogP contribution >= 0.6 is 0 Å². The van der Waals surface area contributed by atoms with Gasteiger partial charge in [0.25, 0.3) is 5.91 Å². The van der Waals surface area contributed by atoms with Crippen molar-refractivity contribution in [3.05, 3.63) is 35.9 Å². The second-order valence-electron chi connectivity index (χ2n) is 13.1. The van der Waals surface area contributed by atoms with Gasteiger partial charge in [-0.25, -0.2) is 4.79 Å². The van der Waals surface area contributed by atoms with Gasteiger partial charge in [-0.2, -0.15) is 0 Å². The number of nitrogens with one attached hydrogen (secondary N) is 2. The Hall–Kier alpha value is -3.22. The number of rotatable bonds is 17. The lowest BCUT2D eigenvalue weighted by Crippen LogP contribution is -2.55. The number of amides is 4. The minimum atomic E-state index is -1.01. The number of aliphatic hydroxyl groups excluding tert-OH is 1. The highest BCUT2D eigenvalue weighted by molar-refractivity contribution is 5.84. The molecule has 1 aromatic carbocycles. The Morgan fingerprint density at radius 1 is 1.04 bits per heavy atom. The summed E-state index contributed by atoms with van der Waals surface area (Å²) in [7, 11) is 6.17. The highest BCUT2D eigenvalue weighted by Gasteiger charge is 2.43. The number of carbonyl (C=O) groups is 4. The molecular formula is C35H58N4O8. The van der Waals surface area contributed by atoms with Crippen LogP contribution in [0.5, 0.6) is 0 Å². The van der Waals surface area contributed by atoms with Gasteiger partial charge in [-0.05, 0) is 37.2 Å². The Kier molecular flexibility index (Phi) is 16.1. The largest absolute Gasteiger partial charge is 0.436 e. The van der Waals surface area contributed by atoms with Crippen LogP contribution in [0.3, 0.4) is 0 Å². The molecule has 266 valence electrons. The zero-order valence-corrected chi connectivity index (χ0v) is 29.9. The fourth-order valence-corrected chi connectivity index (χ4v) is 6.53. The summed E-state index contributed by atoms with van der Waals surface area (Å²) in [6.07, 6.45) is -1.63. The van der Waals surface area contributed by atoms with E-state index in [9.17, 15) is 24.3 Å². The monoisotopic (exact) mass is 662 g/mol. The molecule has 1 aliphatic rings. The summed E-state index contributed by atoms with van der Waals surface area (Å²) in [6, 6.07) is 7.80. The first kappa shape index (κ1) is 40.0. The van der Waals surface area contributed by atoms with E-state index in [1.54, 1.807) is 37.8 Å². The van der Waals surface area contributed by atoms with Crippen molar-refractivity contribution in [1.29, 1.82) is 0 Å². The van der Waals surface area contributed by atoms with Crippen LogP contribution in [0.15, 0.2) is 30.3 Å². The van der Waals surface area contributed by atoms with Crippen LogP contribution in [0.25, 0.3) is 0 Å². The molecule has 12 heteroatoms. The molecule has 2 unspecified atom stereocenters. The lowest BCUT2D eigenvalue weighted by molar-refractivity contribution is -0.151. The number of benzene rings is 1. The summed E-state index contributed by atoms with van der Waals surface area (Å²) in [5.74, 6) is -1.71. The van der Waals surface area contributed by atoms with Crippen LogP contribution < -0.4 is 10.6 Å². The summed E-state index contributed by atoms with van der Waals surface area (Å²) < 4.78 is 17.2. The van der Waals surface area contributed by atoms with E-state index in [0.29, 0.717) is 18.5 Å². The van der Waals surface area contributed by atoms with Crippen molar-refractivity contribution >= 4 is 23.8 Å². The molecule has 47 heavy (non-hydrogen) atoms. The number of aliphatic hydroxyl groups is 1. The predicted molar refractivity (Wildman–Crippen MR) is 179 cm³/mol. The predicted octanol–water partition coefficient (Wildman–Crippen LogP) is 3.53. The number of nitrogens with zero attached hydrogens (tertiary/aromatic N) is 2. The van der Waals surface area contributed by atoms with Crippen LogP contribution in [-0.2, 0) is 28.6 Å². The summed E-state index contributed by atoms with van der Waals surface area (Å²) in [6.45, 7) is 11.7. The third kappa shape index (κ3) is 10.4. The fourth-order valence-electron chi connectivity index (χ4n) is 6.53. The number of alkyl carbamates (subject to hydrolysis) is 1. The first-order chi connectivity index (χ1) is 22.2. The van der Waals surface area contributed by atoms with Gasteiger partial charge in [-0.3, -0.25) is 14.4 Å². The zero-order valence-electron chi connectivity index (χ0n) is 29.9. The lowest BCUT2D eigenvalue weighted by atomic mass is 9.89. The fraction of sp³-hybridized carbons (Fsp3) is 0.714. The second kappa shape index (κ2) is 18.9. The second-order valence-corrected chi connectivity index (χ2v) is 13.1. The highest BCUT2D eigenvalue weighted by atomic mass is 16.6. The molecule has 1 saturated heterocycles. The smallest absolute Gasteiger partial charge is 0.407 e. The van der Waals surface area contributed by atoms with Crippen LogP contribution in [0, 0.1) is 17.8 Å². The molecular weight excluding hydrogens is 604 g/mol. The van der Waals surface area contributed by atoms with Crippen molar-refractivity contribution in [3.8, 4) is 0 Å². The Morgan fingerprint density at radius 3 is 2.21 bits per heavy atom. The van der Waals surface area contributed by atoms with Gasteiger partial charge in [-0.15, -0.1) is 0 Å². The number of ether oxygens (including phenoxy) is 3. The average molecular weight is 663 g/mol. The number of hydrogen-bond donors (Lipinski definition) is 3. The molecule has 3 N–H and O–H groups in total. The van der Waals surface area contributed by atoms with E-state index in [2.05, 4.69) is 10.6 Å². The van der Waals surface area contributed by atoms with Crippen LogP contribution in [0.2, 0.25) is 0 Å². The number of methoxy groups -OCH3 is 2. The molecule has 1 aliphatic heterocycles. The minimum absolute atomic E-state index is 0.0135. The van der Waals surface area contributed by atoms with Crippen molar-refractivity contribution in [3.63, 3.8) is 0 Å². The number of likely N-dealkylation sites (tertiary alicyclic amines) is 1. The van der Waals surface area contributed by atoms with E-state index in [-0.39, 0.29) is 42.0 Å². The third-order valence-corrected chi connectivity index (χ3v) is 9.53. The third-order valence-electron chi connectivity index (χ3n) is 9.53. The molecule has 0 bridgehead atoms. The Bertz CT molecular complexity index is 1150. The van der Waals surface area contributed by atoms with Crippen molar-refractivity contribution in [2.45, 2.75) is 110 Å². The van der Waals surface area contributed by atoms with Gasteiger partial charge < -0.3 is 39.8 Å². The van der Waals surface area contributed by atoms with Gasteiger partial charge in [0.05, 0.1) is 48.8 Å². The standard InChI is InChI=1S/C35H58N4O8/c1-11-22(4)29(38(8)34(43)31(21(2)3)47-35(44)36-7)27(45-9)20-28(40)39-19-15-18-26(39)32(46-10)23(5)33(42)37-24(6)30(41)25-16-13-12-14-17-25/h12-14,16-17,21-24,26-27,29-32,41H,11,15,18-20H2,1-10H3,(H,36,44)(H,37,42)/t22-,23+,24+,26-,27+,29?,30+,31?,32+/m0/s1. The van der Waals surface area contributed by atoms with Crippen molar-refractivity contribution in [2.24, 2.45) is 17.8 Å². The van der Waals surface area contributed by atoms with Gasteiger partial charge in [0.15, 0.2) is 6.10 Å². The molecule has 1 fully saturated rings. The zero-order chi connectivity index (χ0) is 35.4. The Labute approximate surface area is 280 Å². The molecule has 0 aromatic heterocycles. The maximum absolute atomic E-state index is 14.0. The lowest BCUT2D eigenvalue weighted by Gasteiger charge is -2.40. The quantitative estimate of drug-likeness (QED) is 0.230. The van der Waals surface area contributed by atoms with Crippen LogP contribution in [-0.4, -0.2) is 110 Å². The molecule has 0 radical (unpaired) electrons. The maximum Gasteiger partial charge on any atom is 0.407 e. The molecule has 9 atom stereocenters. The topological polar surface area (TPSA) is 147 Å². The minimum Gasteiger partial charge on any atom is -0.436 e. The van der Waals surface area contributed by atoms with E-state index < -0.39 is 48.5 Å². The number of hydrogen-bond acceptors (Lipinski definition) is 8. The van der Waals surface area contributed by atoms with Gasteiger partial charge in [0.2, 0.25) is 11.8 Å². The Morgan fingerprint density at radius 2 is 1.68 bits per heavy atom. The van der Waals surface area contributed by atoms with Crippen molar-refractivity contribution in [1.82, 2.24) is 20.4 Å². The molecule has 4 amide bonds. The normalized spacial score (nSPS) is 19.9. The molecule has 0 spiro atoms. The molecule has 2 rings (SSSR count). The number of carbonyl (C=O) groups excluding carboxylic acids is 4. The van der Waals surface area contributed by atoms with Gasteiger partial charge in [-0.1, -0.05) is 71.4 Å². The van der Waals surface area contributed by atoms with E-state index in [1.807, 2.05) is 58.0 Å². The number of likely N-dealkylation sites (N-methyl/N-ethyl adjacent to an activating group) is 1. The van der Waals surface area contributed by atoms with Crippen LogP contribution in [0.4, 0.5) is 4.79 Å². The van der Waals surface area contributed by atoms with Gasteiger partial charge >= 0.3 is 6.09 Å². The Balaban J connectivity index is 2.21. The maximum atomic E-state index is 14.0. The summed E-state index contributed by atoms with van der Waals surface area (Å²) in [4.78, 5) is 56.4. The first-order valence-corrected chi connectivity index (χ1v) is 16.8. The van der Waals surface area contributed by atoms with Gasteiger partial charge in [0, 0.05) is 34.9 Å². The SMILES string of the molecule is CC[C@H](C)C([C@@H](CC(=O)N1CCC[C@H]1[C@H](OC)[C@@H](C)C(=O)N[C@H](C)[C@@H](O)c1ccccc1)OC)N(C)C(=O)C(OC(=O)NC)C(C)C. The van der Waals surface area contributed by atoms with E-state index in [0.717, 1.165) is 12.8 Å². The van der Waals surface area contributed by atoms with E-state index in [4.69, 9.17) is 14.2 Å². The van der Waals surface area contributed by atoms with Crippen molar-refractivity contribution < 1.29 is 38.5 Å². The van der Waals surface area contributed by atoms with Crippen LogP contribution in [0.1, 0.15) is 78.9 Å². The first-order valence-electron chi connectivity index (χ1n) is 16.8. The van der Waals surface area contributed by atoms with E-state index in [1.165, 1.54) is 14.2 Å².